The normalized spacial score (nSPS) is 14.6. The van der Waals surface area contributed by atoms with Gasteiger partial charge in [0.15, 0.2) is 0 Å². The summed E-state index contributed by atoms with van der Waals surface area (Å²) in [5, 5.41) is 16.0. The second-order valence-corrected chi connectivity index (χ2v) is 11.2. The van der Waals surface area contributed by atoms with E-state index < -0.39 is 15.9 Å². The number of nitrogens with zero attached hydrogens (tertiary/aromatic N) is 1. The third-order valence-corrected chi connectivity index (χ3v) is 6.99. The molecule has 1 atom stereocenters. The lowest BCUT2D eigenvalue weighted by molar-refractivity contribution is -0.134. The van der Waals surface area contributed by atoms with Crippen molar-refractivity contribution in [2.24, 2.45) is 11.7 Å². The topological polar surface area (TPSA) is 138 Å². The van der Waals surface area contributed by atoms with Gasteiger partial charge < -0.3 is 20.8 Å². The molecule has 1 aliphatic heterocycles. The van der Waals surface area contributed by atoms with Crippen LogP contribution >= 0.6 is 0 Å². The van der Waals surface area contributed by atoms with Gasteiger partial charge in [0.05, 0.1) is 18.4 Å². The molecule has 9 heteroatoms. The van der Waals surface area contributed by atoms with Gasteiger partial charge in [0.2, 0.25) is 5.91 Å². The van der Waals surface area contributed by atoms with Gasteiger partial charge in [-0.3, -0.25) is 9.59 Å². The molecule has 3 rings (SSSR count). The number of sulfone groups is 1. The first-order valence-corrected chi connectivity index (χ1v) is 13.8. The Morgan fingerprint density at radius 2 is 1.53 bits per heavy atom. The molecule has 0 radical (unpaired) electrons. The van der Waals surface area contributed by atoms with Crippen molar-refractivity contribution in [1.29, 1.82) is 0 Å². The van der Waals surface area contributed by atoms with Crippen LogP contribution in [0.4, 0.5) is 0 Å². The van der Waals surface area contributed by atoms with Gasteiger partial charge in [0.25, 0.3) is 6.47 Å². The quantitative estimate of drug-likeness (QED) is 0.378. The van der Waals surface area contributed by atoms with Crippen molar-refractivity contribution in [3.8, 4) is 11.8 Å². The van der Waals surface area contributed by atoms with Crippen LogP contribution in [0.1, 0.15) is 41.5 Å². The third-order valence-electron chi connectivity index (χ3n) is 6.01. The summed E-state index contributed by atoms with van der Waals surface area (Å²) in [5.41, 5.74) is 9.91. The zero-order valence-corrected chi connectivity index (χ0v) is 21.3. The molecule has 0 aromatic heterocycles. The molecule has 8 nitrogen and oxygen atoms in total. The number of benzene rings is 2. The molecule has 36 heavy (non-hydrogen) atoms. The van der Waals surface area contributed by atoms with E-state index in [9.17, 15) is 13.2 Å². The Balaban J connectivity index is 0.00000145. The molecular formula is C27H34N2O6S. The Bertz CT molecular complexity index is 1140. The van der Waals surface area contributed by atoms with E-state index >= 15 is 0 Å². The lowest BCUT2D eigenvalue weighted by atomic mass is 9.89. The number of hydrogen-bond donors (Lipinski definition) is 3. The fraction of sp³-hybridized carbons (Fsp3) is 0.407. The molecule has 2 aromatic carbocycles. The standard InChI is InChI=1S/C26H32N2O4S.CH2O2/c1-33(31,32)17-14-25(27)26(30)28-15-12-23(13-16-28)18-22-8-4-20(5-9-22)2-3-21-6-10-24(19-29)11-7-21;2-1-3/h4-11,23,25,29H,12-19,27H2,1H3;1H,(H,2,3)/t25-;/m1./s1. The molecule has 1 aliphatic rings. The van der Waals surface area contributed by atoms with E-state index in [2.05, 4.69) is 24.0 Å². The molecule has 4 N–H and O–H groups in total. The van der Waals surface area contributed by atoms with Crippen molar-refractivity contribution in [3.63, 3.8) is 0 Å². The van der Waals surface area contributed by atoms with E-state index in [1.165, 1.54) is 5.56 Å². The zero-order chi connectivity index (χ0) is 26.6. The summed E-state index contributed by atoms with van der Waals surface area (Å²) in [4.78, 5) is 22.6. The number of amides is 1. The second kappa shape index (κ2) is 14.4. The van der Waals surface area contributed by atoms with Crippen molar-refractivity contribution in [1.82, 2.24) is 4.90 Å². The molecular weight excluding hydrogens is 480 g/mol. The number of nitrogens with two attached hydrogens (primary N) is 1. The number of hydrogen-bond acceptors (Lipinski definition) is 6. The second-order valence-electron chi connectivity index (χ2n) is 8.91. The average Bonchev–Trinajstić information content (AvgIpc) is 2.87. The molecule has 0 bridgehead atoms. The summed E-state index contributed by atoms with van der Waals surface area (Å²) >= 11 is 0. The Morgan fingerprint density at radius 3 is 1.97 bits per heavy atom. The molecule has 0 spiro atoms. The molecule has 0 saturated carbocycles. The van der Waals surface area contributed by atoms with Crippen molar-refractivity contribution >= 4 is 22.2 Å². The summed E-state index contributed by atoms with van der Waals surface area (Å²) in [6.07, 6.45) is 4.11. The Kier molecular flexibility index (Phi) is 11.6. The van der Waals surface area contributed by atoms with Crippen LogP contribution in [0, 0.1) is 17.8 Å². The number of rotatable bonds is 7. The number of carbonyl (C=O) groups excluding carboxylic acids is 1. The molecule has 0 unspecified atom stereocenters. The zero-order valence-electron chi connectivity index (χ0n) is 20.5. The van der Waals surface area contributed by atoms with Gasteiger partial charge in [-0.15, -0.1) is 0 Å². The highest BCUT2D eigenvalue weighted by Crippen LogP contribution is 2.22. The molecule has 1 amide bonds. The van der Waals surface area contributed by atoms with Crippen LogP contribution in [0.2, 0.25) is 0 Å². The largest absolute Gasteiger partial charge is 0.483 e. The Hall–Kier alpha value is -3.19. The SMILES string of the molecule is CS(=O)(=O)CC[C@@H](N)C(=O)N1CCC(Cc2ccc(C#Cc3ccc(CO)cc3)cc2)CC1.O=CO. The first-order valence-electron chi connectivity index (χ1n) is 11.8. The minimum atomic E-state index is -3.12. The summed E-state index contributed by atoms with van der Waals surface area (Å²) in [7, 11) is -3.12. The van der Waals surface area contributed by atoms with Crippen molar-refractivity contribution in [2.45, 2.75) is 38.3 Å². The maximum absolute atomic E-state index is 12.5. The first kappa shape index (κ1) is 29.0. The number of likely N-dealkylation sites (tertiary alicyclic amines) is 1. The van der Waals surface area contributed by atoms with Gasteiger partial charge in [-0.1, -0.05) is 36.1 Å². The van der Waals surface area contributed by atoms with Crippen molar-refractivity contribution in [3.05, 3.63) is 70.8 Å². The molecule has 2 aromatic rings. The van der Waals surface area contributed by atoms with Gasteiger partial charge in [0, 0.05) is 30.5 Å². The highest BCUT2D eigenvalue weighted by atomic mass is 32.2. The summed E-state index contributed by atoms with van der Waals surface area (Å²) in [6, 6.07) is 15.1. The summed E-state index contributed by atoms with van der Waals surface area (Å²) in [6.45, 7) is 1.10. The maximum atomic E-state index is 12.5. The predicted molar refractivity (Wildman–Crippen MR) is 139 cm³/mol. The van der Waals surface area contributed by atoms with E-state index in [1.807, 2.05) is 36.4 Å². The number of piperidine rings is 1. The number of carbonyl (C=O) groups is 2. The minimum Gasteiger partial charge on any atom is -0.483 e. The van der Waals surface area contributed by atoms with Crippen molar-refractivity contribution < 1.29 is 28.2 Å². The van der Waals surface area contributed by atoms with E-state index in [1.54, 1.807) is 4.90 Å². The summed E-state index contributed by atoms with van der Waals surface area (Å²) < 4.78 is 22.6. The minimum absolute atomic E-state index is 0.0312. The van der Waals surface area contributed by atoms with E-state index in [4.69, 9.17) is 20.7 Å². The number of carboxylic acid groups (broad SMARTS) is 1. The Morgan fingerprint density at radius 1 is 1.06 bits per heavy atom. The molecule has 1 fully saturated rings. The molecule has 1 heterocycles. The lowest BCUT2D eigenvalue weighted by Crippen LogP contribution is -2.47. The number of aliphatic hydroxyl groups is 1. The van der Waals surface area contributed by atoms with E-state index in [0.29, 0.717) is 19.0 Å². The van der Waals surface area contributed by atoms with E-state index in [-0.39, 0.29) is 31.2 Å². The maximum Gasteiger partial charge on any atom is 0.290 e. The number of aliphatic hydroxyl groups excluding tert-OH is 1. The van der Waals surface area contributed by atoms with Crippen LogP contribution in [-0.4, -0.2) is 67.1 Å². The van der Waals surface area contributed by atoms with Crippen LogP contribution in [0.5, 0.6) is 0 Å². The molecule has 0 aliphatic carbocycles. The molecule has 194 valence electrons. The van der Waals surface area contributed by atoms with Crippen molar-refractivity contribution in [2.75, 3.05) is 25.1 Å². The van der Waals surface area contributed by atoms with Crippen LogP contribution in [0.25, 0.3) is 0 Å². The van der Waals surface area contributed by atoms with Gasteiger partial charge >= 0.3 is 0 Å². The Labute approximate surface area is 213 Å². The van der Waals surface area contributed by atoms with E-state index in [0.717, 1.165) is 42.2 Å². The van der Waals surface area contributed by atoms with Crippen LogP contribution in [-0.2, 0) is 32.5 Å². The smallest absolute Gasteiger partial charge is 0.290 e. The fourth-order valence-electron chi connectivity index (χ4n) is 3.95. The fourth-order valence-corrected chi connectivity index (χ4v) is 4.63. The summed E-state index contributed by atoms with van der Waals surface area (Å²) in [5.74, 6) is 6.61. The highest BCUT2D eigenvalue weighted by molar-refractivity contribution is 7.90. The first-order chi connectivity index (χ1) is 17.1. The van der Waals surface area contributed by atoms with Gasteiger partial charge in [-0.05, 0) is 67.0 Å². The van der Waals surface area contributed by atoms with Gasteiger partial charge in [-0.25, -0.2) is 8.42 Å². The van der Waals surface area contributed by atoms with Crippen LogP contribution in [0.3, 0.4) is 0 Å². The average molecular weight is 515 g/mol. The predicted octanol–water partition coefficient (Wildman–Crippen LogP) is 1.82. The van der Waals surface area contributed by atoms with Gasteiger partial charge in [-0.2, -0.15) is 0 Å². The van der Waals surface area contributed by atoms with Crippen LogP contribution < -0.4 is 5.73 Å². The lowest BCUT2D eigenvalue weighted by Gasteiger charge is -2.33. The third kappa shape index (κ3) is 10.2. The van der Waals surface area contributed by atoms with Crippen LogP contribution in [0.15, 0.2) is 48.5 Å². The molecule has 1 saturated heterocycles. The highest BCUT2D eigenvalue weighted by Gasteiger charge is 2.26. The monoisotopic (exact) mass is 514 g/mol. The van der Waals surface area contributed by atoms with Gasteiger partial charge in [0.1, 0.15) is 9.84 Å².